The molecule has 77 valence electrons. The predicted octanol–water partition coefficient (Wildman–Crippen LogP) is 2.00. The van der Waals surface area contributed by atoms with E-state index in [1.807, 2.05) is 6.07 Å². The minimum atomic E-state index is 0.301. The highest BCUT2D eigenvalue weighted by Crippen LogP contribution is 2.27. The number of aromatic nitrogens is 1. The third kappa shape index (κ3) is 1.37. The van der Waals surface area contributed by atoms with Crippen molar-refractivity contribution in [3.63, 3.8) is 0 Å². The molecule has 1 atom stereocenters. The molecule has 1 radical (unpaired) electrons. The second-order valence-corrected chi connectivity index (χ2v) is 4.28. The van der Waals surface area contributed by atoms with Crippen LogP contribution in [-0.2, 0) is 13.0 Å². The lowest BCUT2D eigenvalue weighted by atomic mass is 9.97. The maximum absolute atomic E-state index is 9.17. The molecule has 2 nitrogen and oxygen atoms in total. The van der Waals surface area contributed by atoms with E-state index < -0.39 is 0 Å². The number of fused-ring (bicyclic) bond motifs is 3. The van der Waals surface area contributed by atoms with Crippen LogP contribution in [0.5, 0.6) is 0 Å². The lowest BCUT2D eigenvalue weighted by Gasteiger charge is -2.22. The van der Waals surface area contributed by atoms with Gasteiger partial charge >= 0.3 is 0 Å². The van der Waals surface area contributed by atoms with Gasteiger partial charge in [-0.05, 0) is 24.8 Å². The van der Waals surface area contributed by atoms with Crippen LogP contribution in [0.4, 0.5) is 0 Å². The molecule has 1 N–H and O–H groups in total. The monoisotopic (exact) mass is 200 g/mol. The summed E-state index contributed by atoms with van der Waals surface area (Å²) < 4.78 is 2.33. The Morgan fingerprint density at radius 1 is 1.40 bits per heavy atom. The number of nitrogens with zero attached hydrogens (tertiary/aromatic N) is 1. The van der Waals surface area contributed by atoms with Crippen LogP contribution < -0.4 is 0 Å². The summed E-state index contributed by atoms with van der Waals surface area (Å²) in [5, 5.41) is 10.4. The molecular weight excluding hydrogens is 186 g/mol. The summed E-state index contributed by atoms with van der Waals surface area (Å²) in [5.74, 6) is 0.429. The van der Waals surface area contributed by atoms with Gasteiger partial charge in [0.05, 0.1) is 0 Å². The molecule has 0 saturated heterocycles. The van der Waals surface area contributed by atoms with Crippen LogP contribution in [0, 0.1) is 12.0 Å². The quantitative estimate of drug-likeness (QED) is 0.748. The van der Waals surface area contributed by atoms with Crippen molar-refractivity contribution < 1.29 is 5.11 Å². The fourth-order valence-corrected chi connectivity index (χ4v) is 2.44. The average molecular weight is 200 g/mol. The van der Waals surface area contributed by atoms with Crippen LogP contribution in [0.15, 0.2) is 24.3 Å². The third-order valence-electron chi connectivity index (χ3n) is 3.30. The summed E-state index contributed by atoms with van der Waals surface area (Å²) in [4.78, 5) is 0. The van der Waals surface area contributed by atoms with Gasteiger partial charge in [-0.1, -0.05) is 18.2 Å². The van der Waals surface area contributed by atoms with Crippen molar-refractivity contribution in [2.75, 3.05) is 6.61 Å². The number of rotatable bonds is 1. The van der Waals surface area contributed by atoms with Gasteiger partial charge in [-0.25, -0.2) is 0 Å². The molecule has 1 aromatic carbocycles. The Labute approximate surface area is 89.1 Å². The van der Waals surface area contributed by atoms with E-state index in [-0.39, 0.29) is 0 Å². The van der Waals surface area contributed by atoms with Crippen molar-refractivity contribution in [1.82, 2.24) is 4.57 Å². The van der Waals surface area contributed by atoms with Crippen LogP contribution in [-0.4, -0.2) is 16.3 Å². The number of hydrogen-bond acceptors (Lipinski definition) is 1. The molecule has 3 rings (SSSR count). The molecule has 0 aliphatic carbocycles. The molecule has 0 amide bonds. The van der Waals surface area contributed by atoms with Crippen molar-refractivity contribution in [1.29, 1.82) is 0 Å². The van der Waals surface area contributed by atoms with Gasteiger partial charge in [-0.15, -0.1) is 0 Å². The predicted molar refractivity (Wildman–Crippen MR) is 59.7 cm³/mol. The van der Waals surface area contributed by atoms with Gasteiger partial charge in [0, 0.05) is 35.8 Å². The minimum Gasteiger partial charge on any atom is -0.396 e. The molecule has 1 aliphatic rings. The van der Waals surface area contributed by atoms with E-state index in [2.05, 4.69) is 28.8 Å². The number of para-hydroxylation sites is 1. The molecule has 1 aromatic heterocycles. The van der Waals surface area contributed by atoms with Crippen molar-refractivity contribution in [2.24, 2.45) is 5.92 Å². The minimum absolute atomic E-state index is 0.301. The van der Waals surface area contributed by atoms with Crippen molar-refractivity contribution in [2.45, 2.75) is 19.4 Å². The highest BCUT2D eigenvalue weighted by molar-refractivity contribution is 5.80. The molecule has 0 bridgehead atoms. The van der Waals surface area contributed by atoms with E-state index in [1.54, 1.807) is 0 Å². The Hall–Kier alpha value is -1.28. The first-order valence-corrected chi connectivity index (χ1v) is 5.49. The van der Waals surface area contributed by atoms with Crippen LogP contribution in [0.25, 0.3) is 10.9 Å². The zero-order chi connectivity index (χ0) is 10.3. The van der Waals surface area contributed by atoms with Crippen LogP contribution in [0.2, 0.25) is 0 Å². The zero-order valence-electron chi connectivity index (χ0n) is 8.61. The maximum atomic E-state index is 9.17. The van der Waals surface area contributed by atoms with E-state index in [0.29, 0.717) is 12.5 Å². The Bertz CT molecular complexity index is 486. The summed E-state index contributed by atoms with van der Waals surface area (Å²) in [5.41, 5.74) is 2.53. The van der Waals surface area contributed by atoms with Crippen molar-refractivity contribution in [3.8, 4) is 0 Å². The topological polar surface area (TPSA) is 25.2 Å². The second-order valence-electron chi connectivity index (χ2n) is 4.28. The zero-order valence-corrected chi connectivity index (χ0v) is 8.61. The van der Waals surface area contributed by atoms with E-state index in [0.717, 1.165) is 19.4 Å². The second kappa shape index (κ2) is 3.38. The standard InChI is InChI=1S/C13H14NO/c15-9-10-5-6-14-12(7-10)8-11-3-1-2-4-13(11)14/h1-4,10,15H,5-7,9H2. The summed E-state index contributed by atoms with van der Waals surface area (Å²) in [7, 11) is 0. The van der Waals surface area contributed by atoms with Crippen LogP contribution in [0.3, 0.4) is 0 Å². The van der Waals surface area contributed by atoms with Crippen LogP contribution >= 0.6 is 0 Å². The van der Waals surface area contributed by atoms with Gasteiger partial charge in [-0.2, -0.15) is 0 Å². The number of aliphatic hydroxyl groups excluding tert-OH is 1. The SMILES string of the molecule is OCC1CCn2c([c]c3ccccc32)C1. The number of hydrogen-bond donors (Lipinski definition) is 1. The lowest BCUT2D eigenvalue weighted by molar-refractivity contribution is 0.201. The number of aliphatic hydroxyl groups is 1. The smallest absolute Gasteiger partial charge is 0.0489 e. The summed E-state index contributed by atoms with van der Waals surface area (Å²) in [6.07, 6.45) is 2.04. The molecule has 0 spiro atoms. The fraction of sp³-hybridized carbons (Fsp3) is 0.385. The van der Waals surface area contributed by atoms with Crippen molar-refractivity contribution in [3.05, 3.63) is 36.0 Å². The first-order valence-electron chi connectivity index (χ1n) is 5.49. The highest BCUT2D eigenvalue weighted by atomic mass is 16.3. The Morgan fingerprint density at radius 2 is 2.27 bits per heavy atom. The van der Waals surface area contributed by atoms with Gasteiger partial charge < -0.3 is 9.67 Å². The Kier molecular flexibility index (Phi) is 2.03. The molecule has 0 fully saturated rings. The molecule has 2 heteroatoms. The van der Waals surface area contributed by atoms with E-state index in [4.69, 9.17) is 5.11 Å². The normalized spacial score (nSPS) is 20.5. The molecule has 2 heterocycles. The summed E-state index contributed by atoms with van der Waals surface area (Å²) in [6.45, 7) is 1.32. The van der Waals surface area contributed by atoms with Gasteiger partial charge in [0.25, 0.3) is 0 Å². The summed E-state index contributed by atoms with van der Waals surface area (Å²) in [6, 6.07) is 11.8. The van der Waals surface area contributed by atoms with E-state index in [1.165, 1.54) is 16.6 Å². The first kappa shape index (κ1) is 8.98. The Morgan fingerprint density at radius 3 is 3.13 bits per heavy atom. The van der Waals surface area contributed by atoms with Gasteiger partial charge in [0.15, 0.2) is 0 Å². The van der Waals surface area contributed by atoms with Crippen LogP contribution in [0.1, 0.15) is 12.1 Å². The molecule has 2 aromatic rings. The molecule has 1 unspecified atom stereocenters. The van der Waals surface area contributed by atoms with Gasteiger partial charge in [0.1, 0.15) is 0 Å². The maximum Gasteiger partial charge on any atom is 0.0489 e. The molecular formula is C13H14NO. The van der Waals surface area contributed by atoms with Gasteiger partial charge in [0.2, 0.25) is 0 Å². The lowest BCUT2D eigenvalue weighted by Crippen LogP contribution is -2.21. The van der Waals surface area contributed by atoms with Gasteiger partial charge in [-0.3, -0.25) is 0 Å². The van der Waals surface area contributed by atoms with E-state index in [9.17, 15) is 0 Å². The molecule has 1 aliphatic heterocycles. The largest absolute Gasteiger partial charge is 0.396 e. The molecule has 15 heavy (non-hydrogen) atoms. The Balaban J connectivity index is 2.12. The van der Waals surface area contributed by atoms with E-state index >= 15 is 0 Å². The first-order chi connectivity index (χ1) is 7.38. The van der Waals surface area contributed by atoms with Crippen molar-refractivity contribution >= 4 is 10.9 Å². The fourth-order valence-electron chi connectivity index (χ4n) is 2.44. The number of benzene rings is 1. The highest BCUT2D eigenvalue weighted by Gasteiger charge is 2.19. The summed E-state index contributed by atoms with van der Waals surface area (Å²) >= 11 is 0. The molecule has 0 saturated carbocycles. The third-order valence-corrected chi connectivity index (χ3v) is 3.30. The number of aryl methyl sites for hydroxylation is 1. The average Bonchev–Trinajstić information content (AvgIpc) is 2.66.